The second-order valence-electron chi connectivity index (χ2n) is 5.03. The fraction of sp³-hybridized carbons (Fsp3) is 0.538. The molecule has 16 heavy (non-hydrogen) atoms. The van der Waals surface area contributed by atoms with Gasteiger partial charge in [0.1, 0.15) is 5.75 Å². The van der Waals surface area contributed by atoms with Crippen LogP contribution >= 0.6 is 11.6 Å². The van der Waals surface area contributed by atoms with E-state index in [0.29, 0.717) is 17.3 Å². The molecular weight excluding hydrogens is 222 g/mol. The zero-order valence-electron chi connectivity index (χ0n) is 9.76. The molecule has 1 fully saturated rings. The molecule has 1 aromatic carbocycles. The number of halogens is 1. The minimum absolute atomic E-state index is 0.0153. The van der Waals surface area contributed by atoms with Crippen molar-refractivity contribution < 1.29 is 5.11 Å². The van der Waals surface area contributed by atoms with Crippen LogP contribution in [0.1, 0.15) is 43.7 Å². The van der Waals surface area contributed by atoms with E-state index in [1.165, 1.54) is 0 Å². The minimum Gasteiger partial charge on any atom is -0.507 e. The van der Waals surface area contributed by atoms with Gasteiger partial charge in [0, 0.05) is 22.5 Å². The van der Waals surface area contributed by atoms with E-state index in [4.69, 9.17) is 17.3 Å². The molecule has 3 N–H and O–H groups in total. The van der Waals surface area contributed by atoms with E-state index in [0.717, 1.165) is 24.0 Å². The predicted octanol–water partition coefficient (Wildman–Crippen LogP) is 3.16. The molecule has 2 rings (SSSR count). The van der Waals surface area contributed by atoms with Crippen LogP contribution in [0.5, 0.6) is 5.75 Å². The Morgan fingerprint density at radius 2 is 2.06 bits per heavy atom. The van der Waals surface area contributed by atoms with E-state index in [1.54, 1.807) is 0 Å². The summed E-state index contributed by atoms with van der Waals surface area (Å²) >= 11 is 6.10. The molecule has 0 aliphatic heterocycles. The van der Waals surface area contributed by atoms with E-state index in [9.17, 15) is 5.11 Å². The first-order valence-electron chi connectivity index (χ1n) is 5.73. The summed E-state index contributed by atoms with van der Waals surface area (Å²) in [5, 5.41) is 11.0. The van der Waals surface area contributed by atoms with Gasteiger partial charge in [0.25, 0.3) is 0 Å². The quantitative estimate of drug-likeness (QED) is 0.851. The van der Waals surface area contributed by atoms with Crippen LogP contribution in [-0.2, 0) is 5.41 Å². The van der Waals surface area contributed by atoms with E-state index in [1.807, 2.05) is 12.1 Å². The number of rotatable bonds is 3. The van der Waals surface area contributed by atoms with Crippen molar-refractivity contribution >= 4 is 11.6 Å². The highest BCUT2D eigenvalue weighted by Gasteiger charge is 2.45. The van der Waals surface area contributed by atoms with Gasteiger partial charge in [0.2, 0.25) is 0 Å². The molecule has 0 spiro atoms. The number of phenols is 1. The summed E-state index contributed by atoms with van der Waals surface area (Å²) in [4.78, 5) is 0. The molecule has 0 bridgehead atoms. The van der Waals surface area contributed by atoms with Gasteiger partial charge in [-0.25, -0.2) is 0 Å². The van der Waals surface area contributed by atoms with Gasteiger partial charge in [-0.15, -0.1) is 0 Å². The molecule has 0 radical (unpaired) electrons. The molecule has 1 aliphatic rings. The number of benzene rings is 1. The Labute approximate surface area is 101 Å². The zero-order valence-corrected chi connectivity index (χ0v) is 10.5. The Kier molecular flexibility index (Phi) is 2.89. The highest BCUT2D eigenvalue weighted by atomic mass is 35.5. The fourth-order valence-electron chi connectivity index (χ4n) is 2.20. The molecule has 2 nitrogen and oxygen atoms in total. The third kappa shape index (κ3) is 1.80. The van der Waals surface area contributed by atoms with Crippen LogP contribution in [0.15, 0.2) is 12.1 Å². The first kappa shape index (κ1) is 11.7. The van der Waals surface area contributed by atoms with Gasteiger partial charge >= 0.3 is 0 Å². The lowest BCUT2D eigenvalue weighted by atomic mass is 9.90. The number of aromatic hydroxyl groups is 1. The zero-order chi connectivity index (χ0) is 11.9. The molecule has 0 atom stereocenters. The van der Waals surface area contributed by atoms with Crippen molar-refractivity contribution in [3.05, 3.63) is 28.3 Å². The topological polar surface area (TPSA) is 46.2 Å². The van der Waals surface area contributed by atoms with E-state index in [-0.39, 0.29) is 11.3 Å². The van der Waals surface area contributed by atoms with Crippen LogP contribution in [0.4, 0.5) is 0 Å². The number of phenolic OH excluding ortho intramolecular Hbond substituents is 1. The number of hydrogen-bond donors (Lipinski definition) is 2. The molecule has 0 heterocycles. The number of nitrogens with two attached hydrogens (primary N) is 1. The summed E-state index contributed by atoms with van der Waals surface area (Å²) in [6.45, 7) is 4.69. The third-order valence-corrected chi connectivity index (χ3v) is 3.76. The van der Waals surface area contributed by atoms with Crippen molar-refractivity contribution in [3.63, 3.8) is 0 Å². The van der Waals surface area contributed by atoms with Crippen LogP contribution < -0.4 is 5.73 Å². The van der Waals surface area contributed by atoms with Crippen molar-refractivity contribution in [3.8, 4) is 5.75 Å². The molecular formula is C13H18ClNO. The monoisotopic (exact) mass is 239 g/mol. The second kappa shape index (κ2) is 3.94. The standard InChI is InChI=1S/C13H18ClNO/c1-8(2)10-5-9(14)6-11(12(10)16)13(7-15)3-4-13/h5-6,8,16H,3-4,7,15H2,1-2H3. The molecule has 1 aromatic rings. The van der Waals surface area contributed by atoms with Crippen LogP contribution in [0.2, 0.25) is 5.02 Å². The largest absolute Gasteiger partial charge is 0.507 e. The van der Waals surface area contributed by atoms with E-state index >= 15 is 0 Å². The molecule has 1 aliphatic carbocycles. The maximum absolute atomic E-state index is 10.3. The lowest BCUT2D eigenvalue weighted by Gasteiger charge is -2.19. The average molecular weight is 240 g/mol. The molecule has 0 amide bonds. The van der Waals surface area contributed by atoms with Gasteiger partial charge in [-0.3, -0.25) is 0 Å². The third-order valence-electron chi connectivity index (χ3n) is 3.54. The van der Waals surface area contributed by atoms with E-state index in [2.05, 4.69) is 13.8 Å². The summed E-state index contributed by atoms with van der Waals surface area (Å²) in [6, 6.07) is 3.71. The van der Waals surface area contributed by atoms with Crippen LogP contribution in [0.25, 0.3) is 0 Å². The van der Waals surface area contributed by atoms with Crippen LogP contribution in [-0.4, -0.2) is 11.7 Å². The van der Waals surface area contributed by atoms with Gasteiger partial charge in [0.05, 0.1) is 0 Å². The average Bonchev–Trinajstić information content (AvgIpc) is 3.01. The molecule has 1 saturated carbocycles. The molecule has 0 saturated heterocycles. The van der Waals surface area contributed by atoms with Crippen LogP contribution in [0.3, 0.4) is 0 Å². The van der Waals surface area contributed by atoms with Crippen molar-refractivity contribution in [2.45, 2.75) is 38.0 Å². The normalized spacial score (nSPS) is 17.8. The van der Waals surface area contributed by atoms with Crippen molar-refractivity contribution in [1.82, 2.24) is 0 Å². The van der Waals surface area contributed by atoms with Crippen molar-refractivity contribution in [2.24, 2.45) is 5.73 Å². The summed E-state index contributed by atoms with van der Waals surface area (Å²) in [5.74, 6) is 0.661. The molecule has 0 aromatic heterocycles. The van der Waals surface area contributed by atoms with Crippen molar-refractivity contribution in [1.29, 1.82) is 0 Å². The van der Waals surface area contributed by atoms with Crippen molar-refractivity contribution in [2.75, 3.05) is 6.54 Å². The lowest BCUT2D eigenvalue weighted by molar-refractivity contribution is 0.449. The molecule has 88 valence electrons. The summed E-state index contributed by atoms with van der Waals surface area (Å²) in [7, 11) is 0. The predicted molar refractivity (Wildman–Crippen MR) is 67.2 cm³/mol. The van der Waals surface area contributed by atoms with Gasteiger partial charge in [-0.2, -0.15) is 0 Å². The Morgan fingerprint density at radius 1 is 1.44 bits per heavy atom. The minimum atomic E-state index is -0.0153. The summed E-state index contributed by atoms with van der Waals surface area (Å²) in [5.41, 5.74) is 7.63. The van der Waals surface area contributed by atoms with Gasteiger partial charge in [-0.1, -0.05) is 25.4 Å². The highest BCUT2D eigenvalue weighted by Crippen LogP contribution is 2.52. The maximum atomic E-state index is 10.3. The van der Waals surface area contributed by atoms with Gasteiger partial charge in [0.15, 0.2) is 0 Å². The SMILES string of the molecule is CC(C)c1cc(Cl)cc(C2(CN)CC2)c1O. The lowest BCUT2D eigenvalue weighted by Crippen LogP contribution is -2.20. The molecule has 3 heteroatoms. The smallest absolute Gasteiger partial charge is 0.122 e. The number of hydrogen-bond acceptors (Lipinski definition) is 2. The Morgan fingerprint density at radius 3 is 2.50 bits per heavy atom. The highest BCUT2D eigenvalue weighted by molar-refractivity contribution is 6.30. The first-order valence-corrected chi connectivity index (χ1v) is 6.11. The Hall–Kier alpha value is -0.730. The maximum Gasteiger partial charge on any atom is 0.122 e. The first-order chi connectivity index (χ1) is 7.50. The second-order valence-corrected chi connectivity index (χ2v) is 5.47. The molecule has 0 unspecified atom stereocenters. The fourth-order valence-corrected chi connectivity index (χ4v) is 2.43. The van der Waals surface area contributed by atoms with Crippen LogP contribution in [0, 0.1) is 0 Å². The Bertz CT molecular complexity index is 411. The van der Waals surface area contributed by atoms with E-state index < -0.39 is 0 Å². The summed E-state index contributed by atoms with van der Waals surface area (Å²) < 4.78 is 0. The van der Waals surface area contributed by atoms with Gasteiger partial charge < -0.3 is 10.8 Å². The Balaban J connectivity index is 2.54. The summed E-state index contributed by atoms with van der Waals surface area (Å²) in [6.07, 6.45) is 2.10. The van der Waals surface area contributed by atoms with Gasteiger partial charge in [-0.05, 0) is 36.5 Å².